The van der Waals surface area contributed by atoms with E-state index in [1.807, 2.05) is 6.92 Å². The molecule has 2 aliphatic rings. The van der Waals surface area contributed by atoms with Crippen LogP contribution in [-0.4, -0.2) is 45.8 Å². The molecule has 0 radical (unpaired) electrons. The van der Waals surface area contributed by atoms with Crippen molar-refractivity contribution in [1.29, 1.82) is 0 Å². The van der Waals surface area contributed by atoms with Crippen molar-refractivity contribution < 1.29 is 15.0 Å². The van der Waals surface area contributed by atoms with E-state index in [1.54, 1.807) is 0 Å². The van der Waals surface area contributed by atoms with Crippen LogP contribution in [0, 0.1) is 5.92 Å². The molecule has 92 valence electrons. The van der Waals surface area contributed by atoms with Crippen LogP contribution in [0.2, 0.25) is 0 Å². The molecule has 0 bridgehead atoms. The minimum Gasteiger partial charge on any atom is -0.481 e. The lowest BCUT2D eigenvalue weighted by atomic mass is 9.83. The van der Waals surface area contributed by atoms with E-state index in [-0.39, 0.29) is 0 Å². The quantitative estimate of drug-likeness (QED) is 0.738. The highest BCUT2D eigenvalue weighted by molar-refractivity contribution is 5.71. The summed E-state index contributed by atoms with van der Waals surface area (Å²) in [4.78, 5) is 13.5. The molecule has 2 unspecified atom stereocenters. The van der Waals surface area contributed by atoms with Crippen molar-refractivity contribution in [2.45, 2.75) is 50.7 Å². The van der Waals surface area contributed by atoms with Crippen molar-refractivity contribution in [3.63, 3.8) is 0 Å². The van der Waals surface area contributed by atoms with Gasteiger partial charge in [0.15, 0.2) is 0 Å². The van der Waals surface area contributed by atoms with Crippen LogP contribution in [0.25, 0.3) is 0 Å². The first-order valence-corrected chi connectivity index (χ1v) is 6.26. The lowest BCUT2D eigenvalue weighted by molar-refractivity contribution is -0.152. The van der Waals surface area contributed by atoms with Gasteiger partial charge in [-0.25, -0.2) is 0 Å². The fourth-order valence-corrected chi connectivity index (χ4v) is 2.79. The van der Waals surface area contributed by atoms with Gasteiger partial charge in [-0.2, -0.15) is 0 Å². The summed E-state index contributed by atoms with van der Waals surface area (Å²) in [5.74, 6) is -1.44. The number of aliphatic hydroxyl groups is 1. The summed E-state index contributed by atoms with van der Waals surface area (Å²) in [5.41, 5.74) is -0.996. The Morgan fingerprint density at radius 2 is 2.25 bits per heavy atom. The monoisotopic (exact) mass is 227 g/mol. The van der Waals surface area contributed by atoms with Gasteiger partial charge in [0, 0.05) is 19.1 Å². The molecule has 2 fully saturated rings. The van der Waals surface area contributed by atoms with E-state index < -0.39 is 17.5 Å². The van der Waals surface area contributed by atoms with Gasteiger partial charge in [-0.3, -0.25) is 9.69 Å². The van der Waals surface area contributed by atoms with E-state index in [2.05, 4.69) is 4.90 Å². The summed E-state index contributed by atoms with van der Waals surface area (Å²) >= 11 is 0. The Hall–Kier alpha value is -0.610. The molecular weight excluding hydrogens is 206 g/mol. The zero-order valence-electron chi connectivity index (χ0n) is 9.85. The van der Waals surface area contributed by atoms with Gasteiger partial charge in [0.2, 0.25) is 0 Å². The van der Waals surface area contributed by atoms with Crippen molar-refractivity contribution in [2.24, 2.45) is 5.92 Å². The van der Waals surface area contributed by atoms with E-state index in [9.17, 15) is 15.0 Å². The van der Waals surface area contributed by atoms with E-state index in [4.69, 9.17) is 0 Å². The first-order valence-electron chi connectivity index (χ1n) is 6.26. The highest BCUT2D eigenvalue weighted by atomic mass is 16.4. The van der Waals surface area contributed by atoms with Gasteiger partial charge in [0.25, 0.3) is 0 Å². The zero-order chi connectivity index (χ0) is 11.8. The number of nitrogens with zero attached hydrogens (tertiary/aromatic N) is 1. The molecule has 1 aliphatic heterocycles. The van der Waals surface area contributed by atoms with Gasteiger partial charge in [-0.05, 0) is 25.7 Å². The highest BCUT2D eigenvalue weighted by Crippen LogP contribution is 2.38. The summed E-state index contributed by atoms with van der Waals surface area (Å²) in [6.45, 7) is 3.37. The van der Waals surface area contributed by atoms with Crippen molar-refractivity contribution in [2.75, 3.05) is 13.1 Å². The third kappa shape index (κ3) is 2.23. The topological polar surface area (TPSA) is 60.8 Å². The molecule has 2 N–H and O–H groups in total. The number of likely N-dealkylation sites (tertiary alicyclic amines) is 1. The minimum absolute atomic E-state index is 0.550. The molecular formula is C12H21NO3. The fourth-order valence-electron chi connectivity index (χ4n) is 2.79. The lowest BCUT2D eigenvalue weighted by Crippen LogP contribution is -2.45. The van der Waals surface area contributed by atoms with Gasteiger partial charge in [0.1, 0.15) is 0 Å². The molecule has 0 amide bonds. The maximum Gasteiger partial charge on any atom is 0.309 e. The first-order chi connectivity index (χ1) is 7.57. The van der Waals surface area contributed by atoms with E-state index >= 15 is 0 Å². The average Bonchev–Trinajstić information content (AvgIpc) is 2.99. The molecule has 1 heterocycles. The van der Waals surface area contributed by atoms with Crippen molar-refractivity contribution in [3.8, 4) is 0 Å². The summed E-state index contributed by atoms with van der Waals surface area (Å²) in [7, 11) is 0. The number of aliphatic carboxylic acids is 1. The van der Waals surface area contributed by atoms with Crippen LogP contribution in [-0.2, 0) is 4.79 Å². The number of carbonyl (C=O) groups is 1. The molecule has 2 atom stereocenters. The minimum atomic E-state index is -0.996. The van der Waals surface area contributed by atoms with Gasteiger partial charge >= 0.3 is 5.97 Å². The molecule has 4 heteroatoms. The van der Waals surface area contributed by atoms with E-state index in [0.29, 0.717) is 25.4 Å². The molecule has 0 aromatic rings. The van der Waals surface area contributed by atoms with Crippen molar-refractivity contribution in [3.05, 3.63) is 0 Å². The lowest BCUT2D eigenvalue weighted by Gasteiger charge is -2.29. The molecule has 0 aromatic heterocycles. The Morgan fingerprint density at radius 1 is 1.56 bits per heavy atom. The number of carboxylic acid groups (broad SMARTS) is 1. The van der Waals surface area contributed by atoms with Gasteiger partial charge < -0.3 is 10.2 Å². The van der Waals surface area contributed by atoms with Gasteiger partial charge in [-0.1, -0.05) is 13.3 Å². The number of hydrogen-bond acceptors (Lipinski definition) is 3. The number of rotatable bonds is 5. The Morgan fingerprint density at radius 3 is 2.75 bits per heavy atom. The largest absolute Gasteiger partial charge is 0.481 e. The Kier molecular flexibility index (Phi) is 3.22. The van der Waals surface area contributed by atoms with Gasteiger partial charge in [-0.15, -0.1) is 0 Å². The summed E-state index contributed by atoms with van der Waals surface area (Å²) in [6.07, 6.45) is 4.41. The summed E-state index contributed by atoms with van der Waals surface area (Å²) in [6, 6.07) is 0.616. The molecule has 0 aromatic carbocycles. The molecule has 1 saturated heterocycles. The summed E-state index contributed by atoms with van der Waals surface area (Å²) in [5, 5.41) is 19.7. The predicted molar refractivity (Wildman–Crippen MR) is 60.2 cm³/mol. The SMILES string of the molecule is CCCC(C(=O)O)C1(O)CCN(C2CC2)C1. The van der Waals surface area contributed by atoms with Crippen molar-refractivity contribution in [1.82, 2.24) is 4.90 Å². The number of carboxylic acids is 1. The van der Waals surface area contributed by atoms with Crippen LogP contribution < -0.4 is 0 Å². The van der Waals surface area contributed by atoms with Crippen LogP contribution in [0.4, 0.5) is 0 Å². The fraction of sp³-hybridized carbons (Fsp3) is 0.917. The summed E-state index contributed by atoms with van der Waals surface area (Å²) < 4.78 is 0. The Balaban J connectivity index is 2.02. The van der Waals surface area contributed by atoms with Crippen molar-refractivity contribution >= 4 is 5.97 Å². The third-order valence-electron chi connectivity index (χ3n) is 3.90. The standard InChI is InChI=1S/C12H21NO3/c1-2-3-10(11(14)15)12(16)6-7-13(8-12)9-4-5-9/h9-10,16H,2-8H2,1H3,(H,14,15). The normalized spacial score (nSPS) is 32.9. The van der Waals surface area contributed by atoms with E-state index in [1.165, 1.54) is 12.8 Å². The Labute approximate surface area is 96.3 Å². The number of hydrogen-bond donors (Lipinski definition) is 2. The average molecular weight is 227 g/mol. The molecule has 4 nitrogen and oxygen atoms in total. The molecule has 16 heavy (non-hydrogen) atoms. The molecule has 2 rings (SSSR count). The molecule has 1 aliphatic carbocycles. The maximum atomic E-state index is 11.2. The second-order valence-electron chi connectivity index (χ2n) is 5.23. The second kappa shape index (κ2) is 4.34. The third-order valence-corrected chi connectivity index (χ3v) is 3.90. The second-order valence-corrected chi connectivity index (χ2v) is 5.23. The van der Waals surface area contributed by atoms with Crippen LogP contribution in [0.5, 0.6) is 0 Å². The highest BCUT2D eigenvalue weighted by Gasteiger charge is 2.48. The van der Waals surface area contributed by atoms with Crippen LogP contribution in [0.3, 0.4) is 0 Å². The first kappa shape index (κ1) is 11.9. The van der Waals surface area contributed by atoms with Crippen LogP contribution >= 0.6 is 0 Å². The predicted octanol–water partition coefficient (Wildman–Crippen LogP) is 1.09. The smallest absolute Gasteiger partial charge is 0.309 e. The van der Waals surface area contributed by atoms with E-state index in [0.717, 1.165) is 13.0 Å². The molecule has 1 saturated carbocycles. The van der Waals surface area contributed by atoms with Gasteiger partial charge in [0.05, 0.1) is 11.5 Å². The van der Waals surface area contributed by atoms with Crippen LogP contribution in [0.15, 0.2) is 0 Å². The van der Waals surface area contributed by atoms with Crippen LogP contribution in [0.1, 0.15) is 39.0 Å². The zero-order valence-corrected chi connectivity index (χ0v) is 9.85. The maximum absolute atomic E-state index is 11.2. The molecule has 0 spiro atoms. The number of β-amino-alcohol motifs (C(OH)–C–C–N with tert-alkyl or cyclic N) is 1. The Bertz CT molecular complexity index is 277.